The molecule has 7 rings (SSSR count). The summed E-state index contributed by atoms with van der Waals surface area (Å²) in [6, 6.07) is 36.2. The van der Waals surface area contributed by atoms with Crippen molar-refractivity contribution in [1.29, 1.82) is 0 Å². The van der Waals surface area contributed by atoms with Crippen LogP contribution < -0.4 is 4.74 Å². The van der Waals surface area contributed by atoms with Gasteiger partial charge in [-0.25, -0.2) is 4.98 Å². The van der Waals surface area contributed by atoms with Crippen LogP contribution in [0.25, 0.3) is 27.6 Å². The molecule has 0 bridgehead atoms. The number of ether oxygens (including phenoxy) is 2. The summed E-state index contributed by atoms with van der Waals surface area (Å²) in [5, 5.41) is 2.25. The zero-order valence-electron chi connectivity index (χ0n) is 28.1. The first-order valence-corrected chi connectivity index (χ1v) is 15.8. The predicted molar refractivity (Wildman–Crippen MR) is 186 cm³/mol. The fraction of sp³-hybridized carbons (Fsp3) is 0.268. The van der Waals surface area contributed by atoms with Gasteiger partial charge in [0.15, 0.2) is 0 Å². The molecule has 4 aromatic carbocycles. The van der Waals surface area contributed by atoms with Gasteiger partial charge in [-0.3, -0.25) is 4.99 Å². The second-order valence-electron chi connectivity index (χ2n) is 14.1. The molecule has 0 saturated heterocycles. The summed E-state index contributed by atoms with van der Waals surface area (Å²) in [6.45, 7) is 17.1. The quantitative estimate of drug-likeness (QED) is 0.163. The molecule has 1 atom stereocenters. The molecule has 0 amide bonds. The number of hydrogen-bond acceptors (Lipinski definition) is 4. The summed E-state index contributed by atoms with van der Waals surface area (Å²) in [7, 11) is 0. The van der Waals surface area contributed by atoms with E-state index >= 15 is 0 Å². The van der Waals surface area contributed by atoms with Crippen molar-refractivity contribution in [1.82, 2.24) is 9.55 Å². The van der Waals surface area contributed by atoms with Crippen LogP contribution in [0.15, 0.2) is 96.1 Å². The Bertz CT molecular complexity index is 2160. The normalized spacial score (nSPS) is 17.3. The number of aryl methyl sites for hydroxylation is 2. The third-order valence-electron chi connectivity index (χ3n) is 9.27. The predicted octanol–water partition coefficient (Wildman–Crippen LogP) is 9.95. The van der Waals surface area contributed by atoms with Crippen LogP contribution in [0.4, 0.5) is 0 Å². The van der Waals surface area contributed by atoms with Crippen molar-refractivity contribution in [2.24, 2.45) is 4.99 Å². The molecule has 2 aromatic heterocycles. The Morgan fingerprint density at radius 3 is 2.30 bits per heavy atom. The first kappa shape index (κ1) is 32.7. The molecule has 6 heteroatoms. The fourth-order valence-electron chi connectivity index (χ4n) is 6.30. The Hall–Kier alpha value is -4.21. The van der Waals surface area contributed by atoms with Gasteiger partial charge in [-0.15, -0.1) is 29.1 Å². The van der Waals surface area contributed by atoms with Crippen LogP contribution in [0.5, 0.6) is 11.5 Å². The third kappa shape index (κ3) is 5.80. The second-order valence-corrected chi connectivity index (χ2v) is 14.1. The maximum Gasteiger partial charge on any atom is 2.00 e. The zero-order valence-corrected chi connectivity index (χ0v) is 30.4. The number of pyridine rings is 1. The molecule has 0 saturated carbocycles. The Balaban J connectivity index is 0.00000386. The van der Waals surface area contributed by atoms with Gasteiger partial charge in [-0.2, -0.15) is 6.07 Å². The van der Waals surface area contributed by atoms with E-state index in [0.29, 0.717) is 17.4 Å². The van der Waals surface area contributed by atoms with Gasteiger partial charge < -0.3 is 14.0 Å². The number of rotatable bonds is 5. The molecule has 47 heavy (non-hydrogen) atoms. The van der Waals surface area contributed by atoms with Crippen molar-refractivity contribution < 1.29 is 30.5 Å². The molecule has 0 aliphatic carbocycles. The van der Waals surface area contributed by atoms with E-state index in [0.717, 1.165) is 44.3 Å². The summed E-state index contributed by atoms with van der Waals surface area (Å²) in [5.74, 6) is 2.59. The van der Waals surface area contributed by atoms with Crippen molar-refractivity contribution in [3.63, 3.8) is 0 Å². The average molecular weight is 801 g/mol. The first-order valence-electron chi connectivity index (χ1n) is 15.8. The maximum atomic E-state index is 6.51. The van der Waals surface area contributed by atoms with Crippen LogP contribution in [0, 0.1) is 26.0 Å². The number of aromatic nitrogens is 2. The van der Waals surface area contributed by atoms with E-state index in [-0.39, 0.29) is 26.5 Å². The molecule has 0 spiro atoms. The van der Waals surface area contributed by atoms with Crippen molar-refractivity contribution in [2.45, 2.75) is 71.9 Å². The van der Waals surface area contributed by atoms with E-state index in [1.807, 2.05) is 49.5 Å². The van der Waals surface area contributed by atoms with Crippen LogP contribution in [0.2, 0.25) is 0 Å². The summed E-state index contributed by atoms with van der Waals surface area (Å²) < 4.78 is 15.2. The standard InChI is InChI=1S/C41H39N3O2.Pt/c1-26-14-17-35-34(22-26)33-16-15-31(25-36(33)44(35)37-24-30(18-19-42-37)39(3,4)5)45-32-21-27(2)20-28(23-32)38-43-41(8,40(6,7)46-38)29-12-10-9-11-13-29;/h9-22,24H,1-8H3;/q-2;+2/t41-;/m1./s1. The Kier molecular flexibility index (Phi) is 8.21. The number of hydrogen-bond donors (Lipinski definition) is 0. The smallest absolute Gasteiger partial charge is 0.512 e. The van der Waals surface area contributed by atoms with Crippen LogP contribution in [0.3, 0.4) is 0 Å². The van der Waals surface area contributed by atoms with Crippen LogP contribution in [-0.2, 0) is 36.8 Å². The van der Waals surface area contributed by atoms with E-state index in [1.54, 1.807) is 0 Å². The van der Waals surface area contributed by atoms with Crippen LogP contribution in [-0.4, -0.2) is 21.0 Å². The van der Waals surface area contributed by atoms with Gasteiger partial charge in [0.05, 0.1) is 0 Å². The summed E-state index contributed by atoms with van der Waals surface area (Å²) in [5.41, 5.74) is 6.19. The van der Waals surface area contributed by atoms with Gasteiger partial charge in [0, 0.05) is 23.2 Å². The van der Waals surface area contributed by atoms with Crippen LogP contribution in [0.1, 0.15) is 69.4 Å². The zero-order chi connectivity index (χ0) is 32.4. The molecule has 0 unspecified atom stereocenters. The van der Waals surface area contributed by atoms with Gasteiger partial charge in [0.25, 0.3) is 0 Å². The van der Waals surface area contributed by atoms with Gasteiger partial charge in [-0.05, 0) is 67.8 Å². The molecular weight excluding hydrogens is 762 g/mol. The summed E-state index contributed by atoms with van der Waals surface area (Å²) in [4.78, 5) is 9.95. The van der Waals surface area contributed by atoms with E-state index in [1.165, 1.54) is 11.1 Å². The number of fused-ring (bicyclic) bond motifs is 3. The Morgan fingerprint density at radius 1 is 0.787 bits per heavy atom. The molecule has 0 fully saturated rings. The van der Waals surface area contributed by atoms with Gasteiger partial charge in [0.2, 0.25) is 0 Å². The van der Waals surface area contributed by atoms with Crippen molar-refractivity contribution in [2.75, 3.05) is 0 Å². The van der Waals surface area contributed by atoms with Crippen LogP contribution >= 0.6 is 0 Å². The molecule has 3 heterocycles. The molecule has 1 aliphatic heterocycles. The maximum absolute atomic E-state index is 6.51. The monoisotopic (exact) mass is 800 g/mol. The number of benzene rings is 4. The summed E-state index contributed by atoms with van der Waals surface area (Å²) in [6.07, 6.45) is 1.89. The molecule has 0 N–H and O–H groups in total. The molecular formula is C41H39N3O2Pt. The van der Waals surface area contributed by atoms with Gasteiger partial charge in [-0.1, -0.05) is 98.9 Å². The Morgan fingerprint density at radius 2 is 1.55 bits per heavy atom. The number of aliphatic imine (C=N–C) groups is 1. The van der Waals surface area contributed by atoms with E-state index < -0.39 is 11.1 Å². The molecule has 0 radical (unpaired) electrons. The van der Waals surface area contributed by atoms with Gasteiger partial charge >= 0.3 is 21.1 Å². The molecule has 240 valence electrons. The fourth-order valence-corrected chi connectivity index (χ4v) is 6.30. The van der Waals surface area contributed by atoms with E-state index in [9.17, 15) is 0 Å². The summed E-state index contributed by atoms with van der Waals surface area (Å²) >= 11 is 0. The SMILES string of the molecule is Cc1cc(Oc2[c-]c3c(cc2)c2cc(C)ccc2n3-c2cc(C(C)(C)C)ccn2)[c-]c(C2=N[C@](C)(c3ccccc3)C(C)(C)O2)c1.[Pt+2]. The Labute approximate surface area is 291 Å². The second kappa shape index (κ2) is 11.8. The topological polar surface area (TPSA) is 48.6 Å². The third-order valence-corrected chi connectivity index (χ3v) is 9.27. The molecule has 5 nitrogen and oxygen atoms in total. The first-order chi connectivity index (χ1) is 21.8. The van der Waals surface area contributed by atoms with E-state index in [4.69, 9.17) is 19.5 Å². The van der Waals surface area contributed by atoms with Crippen molar-refractivity contribution in [3.05, 3.63) is 131 Å². The van der Waals surface area contributed by atoms with Crippen molar-refractivity contribution >= 4 is 27.7 Å². The minimum absolute atomic E-state index is 0. The number of nitrogens with zero attached hydrogens (tertiary/aromatic N) is 3. The van der Waals surface area contributed by atoms with Crippen molar-refractivity contribution in [3.8, 4) is 17.3 Å². The average Bonchev–Trinajstić information content (AvgIpc) is 3.46. The van der Waals surface area contributed by atoms with Gasteiger partial charge in [0.1, 0.15) is 22.9 Å². The minimum Gasteiger partial charge on any atom is -0.512 e. The minimum atomic E-state index is -0.550. The molecule has 1 aliphatic rings. The largest absolute Gasteiger partial charge is 2.00 e. The van der Waals surface area contributed by atoms with E-state index in [2.05, 4.69) is 114 Å². The molecule has 6 aromatic rings.